The van der Waals surface area contributed by atoms with Crippen LogP contribution in [0, 0.1) is 0 Å². The zero-order valence-electron chi connectivity index (χ0n) is 14.6. The minimum Gasteiger partial charge on any atom is -0.347 e. The molecule has 2 heterocycles. The molecule has 0 saturated heterocycles. The van der Waals surface area contributed by atoms with E-state index in [-0.39, 0.29) is 5.91 Å². The topological polar surface area (TPSA) is 42.0 Å². The molecule has 0 aliphatic rings. The van der Waals surface area contributed by atoms with Gasteiger partial charge in [0.15, 0.2) is 0 Å². The first-order valence-electron chi connectivity index (χ1n) is 8.66. The third kappa shape index (κ3) is 4.56. The molecule has 0 radical (unpaired) electrons. The molecule has 2 aromatic heterocycles. The highest BCUT2D eigenvalue weighted by Crippen LogP contribution is 2.23. The van der Waals surface area contributed by atoms with Gasteiger partial charge < -0.3 is 5.32 Å². The predicted octanol–water partition coefficient (Wildman–Crippen LogP) is 5.52. The summed E-state index contributed by atoms with van der Waals surface area (Å²) in [6.45, 7) is 0.571. The molecule has 0 spiro atoms. The van der Waals surface area contributed by atoms with Gasteiger partial charge in [0.05, 0.1) is 17.1 Å². The molecule has 4 aromatic rings. The molecule has 4 rings (SSSR count). The smallest absolute Gasteiger partial charge is 0.251 e. The normalized spacial score (nSPS) is 10.8. The summed E-state index contributed by atoms with van der Waals surface area (Å²) in [5.41, 5.74) is 2.87. The largest absolute Gasteiger partial charge is 0.347 e. The Labute approximate surface area is 166 Å². The number of fused-ring (bicyclic) bond motifs is 1. The van der Waals surface area contributed by atoms with Crippen LogP contribution >= 0.6 is 23.1 Å². The van der Waals surface area contributed by atoms with Crippen LogP contribution in [0.4, 0.5) is 0 Å². The summed E-state index contributed by atoms with van der Waals surface area (Å²) in [6.07, 6.45) is 0. The molecule has 1 N–H and O–H groups in total. The molecule has 0 aliphatic heterocycles. The number of rotatable bonds is 6. The number of nitrogens with one attached hydrogen (secondary N) is 1. The summed E-state index contributed by atoms with van der Waals surface area (Å²) in [6, 6.07) is 24.1. The van der Waals surface area contributed by atoms with E-state index in [2.05, 4.69) is 28.5 Å². The Morgan fingerprint density at radius 2 is 1.81 bits per heavy atom. The number of carbonyl (C=O) groups excluding carboxylic acids is 1. The summed E-state index contributed by atoms with van der Waals surface area (Å²) in [4.78, 5) is 18.1. The Bertz CT molecular complexity index is 1040. The number of aromatic nitrogens is 1. The van der Waals surface area contributed by atoms with E-state index >= 15 is 0 Å². The maximum atomic E-state index is 12.2. The molecule has 0 aliphatic carbocycles. The van der Waals surface area contributed by atoms with Crippen LogP contribution in [0.1, 0.15) is 20.8 Å². The van der Waals surface area contributed by atoms with Gasteiger partial charge in [0.25, 0.3) is 5.91 Å². The van der Waals surface area contributed by atoms with Crippen molar-refractivity contribution in [2.75, 3.05) is 0 Å². The third-order valence-corrected chi connectivity index (χ3v) is 6.06. The lowest BCUT2D eigenvalue weighted by Crippen LogP contribution is -2.22. The van der Waals surface area contributed by atoms with Crippen molar-refractivity contribution in [2.45, 2.75) is 17.3 Å². The second-order valence-electron chi connectivity index (χ2n) is 6.09. The zero-order valence-corrected chi connectivity index (χ0v) is 16.2. The van der Waals surface area contributed by atoms with Gasteiger partial charge in [-0.2, -0.15) is 0 Å². The van der Waals surface area contributed by atoms with E-state index in [0.717, 1.165) is 26.6 Å². The minimum atomic E-state index is -0.0428. The molecule has 0 atom stereocenters. The average molecular weight is 391 g/mol. The fourth-order valence-corrected chi connectivity index (χ4v) is 4.20. The second kappa shape index (κ2) is 8.37. The van der Waals surface area contributed by atoms with E-state index in [1.54, 1.807) is 23.1 Å². The van der Waals surface area contributed by atoms with E-state index in [1.807, 2.05) is 60.0 Å². The van der Waals surface area contributed by atoms with Gasteiger partial charge >= 0.3 is 0 Å². The Morgan fingerprint density at radius 1 is 0.963 bits per heavy atom. The number of hydrogen-bond donors (Lipinski definition) is 1. The number of nitrogens with zero attached hydrogens (tertiary/aromatic N) is 1. The number of para-hydroxylation sites is 1. The van der Waals surface area contributed by atoms with Crippen molar-refractivity contribution in [1.29, 1.82) is 0 Å². The standard InChI is InChI=1S/C22H18N2OS2/c25-22(23-14-19-5-3-13-26-19)18-9-7-16(8-10-18)15-27-21-12-11-17-4-1-2-6-20(17)24-21/h1-13H,14-15H2,(H,23,25). The molecule has 134 valence electrons. The quantitative estimate of drug-likeness (QED) is 0.441. The van der Waals surface area contributed by atoms with E-state index in [1.165, 1.54) is 5.56 Å². The van der Waals surface area contributed by atoms with Crippen LogP contribution in [0.3, 0.4) is 0 Å². The maximum Gasteiger partial charge on any atom is 0.251 e. The molecule has 0 fully saturated rings. The van der Waals surface area contributed by atoms with E-state index in [4.69, 9.17) is 0 Å². The first kappa shape index (κ1) is 17.8. The fraction of sp³-hybridized carbons (Fsp3) is 0.0909. The summed E-state index contributed by atoms with van der Waals surface area (Å²) in [7, 11) is 0. The number of thiophene rings is 1. The van der Waals surface area contributed by atoms with E-state index in [0.29, 0.717) is 12.1 Å². The van der Waals surface area contributed by atoms with E-state index in [9.17, 15) is 4.79 Å². The Balaban J connectivity index is 1.34. The van der Waals surface area contributed by atoms with Gasteiger partial charge in [0, 0.05) is 21.6 Å². The lowest BCUT2D eigenvalue weighted by atomic mass is 10.1. The lowest BCUT2D eigenvalue weighted by Gasteiger charge is -2.06. The monoisotopic (exact) mass is 390 g/mol. The van der Waals surface area contributed by atoms with Gasteiger partial charge in [0.2, 0.25) is 0 Å². The van der Waals surface area contributed by atoms with Crippen LogP contribution in [0.2, 0.25) is 0 Å². The van der Waals surface area contributed by atoms with Gasteiger partial charge in [0.1, 0.15) is 0 Å². The van der Waals surface area contributed by atoms with Gasteiger partial charge in [-0.05, 0) is 41.3 Å². The summed E-state index contributed by atoms with van der Waals surface area (Å²) in [5, 5.41) is 7.12. The molecule has 2 aromatic carbocycles. The molecule has 3 nitrogen and oxygen atoms in total. The Morgan fingerprint density at radius 3 is 2.63 bits per heavy atom. The van der Waals surface area contributed by atoms with Gasteiger partial charge in [-0.1, -0.05) is 42.5 Å². The highest BCUT2D eigenvalue weighted by atomic mass is 32.2. The van der Waals surface area contributed by atoms with Crippen molar-refractivity contribution in [3.05, 3.63) is 94.2 Å². The number of carbonyl (C=O) groups is 1. The molecular weight excluding hydrogens is 372 g/mol. The van der Waals surface area contributed by atoms with Gasteiger partial charge in [-0.15, -0.1) is 23.1 Å². The van der Waals surface area contributed by atoms with E-state index < -0.39 is 0 Å². The van der Waals surface area contributed by atoms with Crippen LogP contribution in [0.25, 0.3) is 10.9 Å². The van der Waals surface area contributed by atoms with Crippen LogP contribution < -0.4 is 5.32 Å². The molecular formula is C22H18N2OS2. The number of benzene rings is 2. The lowest BCUT2D eigenvalue weighted by molar-refractivity contribution is 0.0951. The number of thioether (sulfide) groups is 1. The first-order valence-corrected chi connectivity index (χ1v) is 10.5. The number of hydrogen-bond acceptors (Lipinski definition) is 4. The highest BCUT2D eigenvalue weighted by Gasteiger charge is 2.06. The average Bonchev–Trinajstić information content (AvgIpc) is 3.24. The maximum absolute atomic E-state index is 12.2. The fourth-order valence-electron chi connectivity index (χ4n) is 2.72. The summed E-state index contributed by atoms with van der Waals surface area (Å²) in [5.74, 6) is 0.779. The van der Waals surface area contributed by atoms with Crippen molar-refractivity contribution in [2.24, 2.45) is 0 Å². The minimum absolute atomic E-state index is 0.0428. The molecule has 0 saturated carbocycles. The Hall–Kier alpha value is -2.63. The molecule has 1 amide bonds. The van der Waals surface area contributed by atoms with Crippen molar-refractivity contribution < 1.29 is 4.79 Å². The molecule has 0 unspecified atom stereocenters. The van der Waals surface area contributed by atoms with Crippen LogP contribution in [0.15, 0.2) is 83.2 Å². The van der Waals surface area contributed by atoms with Crippen LogP contribution in [-0.4, -0.2) is 10.9 Å². The predicted molar refractivity (Wildman–Crippen MR) is 113 cm³/mol. The van der Waals surface area contributed by atoms with Crippen LogP contribution in [0.5, 0.6) is 0 Å². The van der Waals surface area contributed by atoms with Gasteiger partial charge in [-0.3, -0.25) is 4.79 Å². The first-order chi connectivity index (χ1) is 13.3. The third-order valence-electron chi connectivity index (χ3n) is 4.18. The zero-order chi connectivity index (χ0) is 18.5. The van der Waals surface area contributed by atoms with Crippen molar-refractivity contribution in [3.63, 3.8) is 0 Å². The summed E-state index contributed by atoms with van der Waals surface area (Å²) >= 11 is 3.35. The van der Waals surface area contributed by atoms with Crippen molar-refractivity contribution >= 4 is 39.9 Å². The SMILES string of the molecule is O=C(NCc1cccs1)c1ccc(CSc2ccc3ccccc3n2)cc1. The number of amides is 1. The van der Waals surface area contributed by atoms with Gasteiger partial charge in [-0.25, -0.2) is 4.98 Å². The molecule has 0 bridgehead atoms. The number of pyridine rings is 1. The van der Waals surface area contributed by atoms with Crippen molar-refractivity contribution in [3.8, 4) is 0 Å². The second-order valence-corrected chi connectivity index (χ2v) is 8.12. The Kier molecular flexibility index (Phi) is 5.51. The molecule has 27 heavy (non-hydrogen) atoms. The molecule has 5 heteroatoms. The summed E-state index contributed by atoms with van der Waals surface area (Å²) < 4.78 is 0. The highest BCUT2D eigenvalue weighted by molar-refractivity contribution is 7.98. The van der Waals surface area contributed by atoms with Crippen molar-refractivity contribution in [1.82, 2.24) is 10.3 Å². The van der Waals surface area contributed by atoms with Crippen LogP contribution in [-0.2, 0) is 12.3 Å².